The molecule has 4 rings (SSSR count). The number of carbonyl (C=O) groups excluding carboxylic acids is 1. The number of methoxy groups -OCH3 is 1. The first kappa shape index (κ1) is 25.0. The van der Waals surface area contributed by atoms with Crippen molar-refractivity contribution < 1.29 is 14.3 Å². The largest absolute Gasteiger partial charge is 0.496 e. The molecular weight excluding hydrogens is 440 g/mol. The van der Waals surface area contributed by atoms with Crippen LogP contribution in [0.5, 0.6) is 5.75 Å². The molecule has 1 aromatic carbocycles. The van der Waals surface area contributed by atoms with Gasteiger partial charge in [0.1, 0.15) is 17.0 Å². The molecule has 7 nitrogen and oxygen atoms in total. The Kier molecular flexibility index (Phi) is 7.36. The van der Waals surface area contributed by atoms with E-state index in [1.165, 1.54) is 11.1 Å². The van der Waals surface area contributed by atoms with Gasteiger partial charge in [-0.15, -0.1) is 0 Å². The number of likely N-dealkylation sites (tertiary alicyclic amines) is 1. The highest BCUT2D eigenvalue weighted by Gasteiger charge is 2.24. The molecule has 1 saturated heterocycles. The van der Waals surface area contributed by atoms with Crippen LogP contribution in [-0.4, -0.2) is 71.2 Å². The minimum Gasteiger partial charge on any atom is -0.496 e. The maximum Gasteiger partial charge on any atom is 0.410 e. The van der Waals surface area contributed by atoms with E-state index in [0.29, 0.717) is 12.5 Å². The van der Waals surface area contributed by atoms with Crippen molar-refractivity contribution in [3.63, 3.8) is 0 Å². The van der Waals surface area contributed by atoms with Crippen molar-refractivity contribution in [3.05, 3.63) is 53.9 Å². The Morgan fingerprint density at radius 1 is 1.17 bits per heavy atom. The van der Waals surface area contributed by atoms with Crippen LogP contribution >= 0.6 is 0 Å². The molecule has 3 aromatic rings. The monoisotopic (exact) mass is 478 g/mol. The van der Waals surface area contributed by atoms with Crippen LogP contribution in [0.25, 0.3) is 16.9 Å². The number of imidazole rings is 1. The number of rotatable bonds is 6. The van der Waals surface area contributed by atoms with E-state index >= 15 is 0 Å². The Hall–Kier alpha value is -3.06. The molecule has 0 bridgehead atoms. The predicted octanol–water partition coefficient (Wildman–Crippen LogP) is 5.36. The Balaban J connectivity index is 1.39. The van der Waals surface area contributed by atoms with Crippen LogP contribution in [0.15, 0.2) is 42.7 Å². The SMILES string of the molecule is COc1ccccc1-c1cn2cc(C3CCN(CCN(C)C(=O)OC(C)(C)C)CC3)cc(C)c2n1. The number of para-hydroxylation sites is 1. The van der Waals surface area contributed by atoms with E-state index < -0.39 is 5.60 Å². The highest BCUT2D eigenvalue weighted by molar-refractivity contribution is 5.70. The van der Waals surface area contributed by atoms with Gasteiger partial charge >= 0.3 is 6.09 Å². The first-order valence-electron chi connectivity index (χ1n) is 12.4. The molecule has 1 aliphatic heterocycles. The molecule has 35 heavy (non-hydrogen) atoms. The molecular formula is C28H38N4O3. The third-order valence-corrected chi connectivity index (χ3v) is 6.66. The number of benzene rings is 1. The number of carbonyl (C=O) groups is 1. The maximum absolute atomic E-state index is 12.2. The van der Waals surface area contributed by atoms with E-state index in [2.05, 4.69) is 34.7 Å². The lowest BCUT2D eigenvalue weighted by Crippen LogP contribution is -2.41. The van der Waals surface area contributed by atoms with Crippen molar-refractivity contribution in [1.29, 1.82) is 0 Å². The lowest BCUT2D eigenvalue weighted by molar-refractivity contribution is 0.0278. The summed E-state index contributed by atoms with van der Waals surface area (Å²) in [5.74, 6) is 1.36. The highest BCUT2D eigenvalue weighted by Crippen LogP contribution is 2.32. The maximum atomic E-state index is 12.2. The molecule has 0 unspecified atom stereocenters. The molecule has 0 saturated carbocycles. The van der Waals surface area contributed by atoms with Gasteiger partial charge in [-0.2, -0.15) is 0 Å². The minimum absolute atomic E-state index is 0.260. The van der Waals surface area contributed by atoms with Crippen LogP contribution < -0.4 is 4.74 Å². The fraction of sp³-hybridized carbons (Fsp3) is 0.500. The molecule has 188 valence electrons. The standard InChI is InChI=1S/C28H38N4O3/c1-20-17-22(18-32-19-24(29-26(20)32)23-9-7-8-10-25(23)34-6)21-11-13-31(14-12-21)16-15-30(5)27(33)35-28(2,3)4/h7-10,17-19,21H,11-16H2,1-6H3. The summed E-state index contributed by atoms with van der Waals surface area (Å²) in [6.07, 6.45) is 6.30. The first-order chi connectivity index (χ1) is 16.6. The zero-order valence-electron chi connectivity index (χ0n) is 21.9. The second-order valence-electron chi connectivity index (χ2n) is 10.5. The van der Waals surface area contributed by atoms with E-state index in [-0.39, 0.29) is 6.09 Å². The van der Waals surface area contributed by atoms with Gasteiger partial charge in [0.25, 0.3) is 0 Å². The molecule has 3 heterocycles. The van der Waals surface area contributed by atoms with Crippen molar-refractivity contribution in [3.8, 4) is 17.0 Å². The molecule has 7 heteroatoms. The number of ether oxygens (including phenoxy) is 2. The van der Waals surface area contributed by atoms with Gasteiger partial charge in [0.15, 0.2) is 0 Å². The number of likely N-dealkylation sites (N-methyl/N-ethyl adjacent to an activating group) is 1. The van der Waals surface area contributed by atoms with E-state index in [4.69, 9.17) is 14.5 Å². The fourth-order valence-electron chi connectivity index (χ4n) is 4.72. The van der Waals surface area contributed by atoms with E-state index in [9.17, 15) is 4.79 Å². The summed E-state index contributed by atoms with van der Waals surface area (Å²) in [5.41, 5.74) is 4.99. The van der Waals surface area contributed by atoms with Crippen LogP contribution in [0.1, 0.15) is 50.7 Å². The van der Waals surface area contributed by atoms with Gasteiger partial charge in [0, 0.05) is 38.1 Å². The Labute approximate surface area is 208 Å². The molecule has 0 radical (unpaired) electrons. The lowest BCUT2D eigenvalue weighted by Gasteiger charge is -2.33. The summed E-state index contributed by atoms with van der Waals surface area (Å²) in [4.78, 5) is 21.2. The van der Waals surface area contributed by atoms with Crippen molar-refractivity contribution in [2.45, 2.75) is 52.1 Å². The van der Waals surface area contributed by atoms with Crippen molar-refractivity contribution in [2.24, 2.45) is 0 Å². The van der Waals surface area contributed by atoms with Crippen LogP contribution in [0.2, 0.25) is 0 Å². The van der Waals surface area contributed by atoms with E-state index in [0.717, 1.165) is 55.1 Å². The average molecular weight is 479 g/mol. The lowest BCUT2D eigenvalue weighted by atomic mass is 9.90. The molecule has 1 fully saturated rings. The summed E-state index contributed by atoms with van der Waals surface area (Å²) >= 11 is 0. The zero-order valence-corrected chi connectivity index (χ0v) is 21.9. The first-order valence-corrected chi connectivity index (χ1v) is 12.4. The average Bonchev–Trinajstić information content (AvgIpc) is 3.26. The number of hydrogen-bond acceptors (Lipinski definition) is 5. The Morgan fingerprint density at radius 3 is 2.57 bits per heavy atom. The number of fused-ring (bicyclic) bond motifs is 1. The van der Waals surface area contributed by atoms with Crippen molar-refractivity contribution in [1.82, 2.24) is 19.2 Å². The second kappa shape index (κ2) is 10.3. The van der Waals surface area contributed by atoms with Gasteiger partial charge in [0.05, 0.1) is 12.8 Å². The van der Waals surface area contributed by atoms with E-state index in [1.54, 1.807) is 12.0 Å². The molecule has 0 spiro atoms. The molecule has 2 aromatic heterocycles. The van der Waals surface area contributed by atoms with Gasteiger partial charge in [-0.3, -0.25) is 0 Å². The number of aromatic nitrogens is 2. The van der Waals surface area contributed by atoms with Crippen LogP contribution in [0, 0.1) is 6.92 Å². The highest BCUT2D eigenvalue weighted by atomic mass is 16.6. The third-order valence-electron chi connectivity index (χ3n) is 6.66. The Bertz CT molecular complexity index is 1170. The third kappa shape index (κ3) is 5.96. The molecule has 0 atom stereocenters. The number of nitrogens with zero attached hydrogens (tertiary/aromatic N) is 4. The summed E-state index contributed by atoms with van der Waals surface area (Å²) < 4.78 is 13.2. The van der Waals surface area contributed by atoms with Gasteiger partial charge in [-0.05, 0) is 82.8 Å². The molecule has 0 aliphatic carbocycles. The summed E-state index contributed by atoms with van der Waals surface area (Å²) in [7, 11) is 3.50. The predicted molar refractivity (Wildman–Crippen MR) is 139 cm³/mol. The number of hydrogen-bond donors (Lipinski definition) is 0. The molecule has 1 aliphatic rings. The zero-order chi connectivity index (χ0) is 25.2. The Morgan fingerprint density at radius 2 is 1.89 bits per heavy atom. The van der Waals surface area contributed by atoms with Gasteiger partial charge < -0.3 is 23.7 Å². The van der Waals surface area contributed by atoms with E-state index in [1.807, 2.05) is 52.1 Å². The number of piperidine rings is 1. The summed E-state index contributed by atoms with van der Waals surface area (Å²) in [5, 5.41) is 0. The number of amides is 1. The smallest absolute Gasteiger partial charge is 0.410 e. The number of pyridine rings is 1. The number of aryl methyl sites for hydroxylation is 1. The van der Waals surface area contributed by atoms with Gasteiger partial charge in [-0.1, -0.05) is 18.2 Å². The normalized spacial score (nSPS) is 15.4. The van der Waals surface area contributed by atoms with Gasteiger partial charge in [0.2, 0.25) is 0 Å². The second-order valence-corrected chi connectivity index (χ2v) is 10.5. The van der Waals surface area contributed by atoms with Crippen LogP contribution in [0.4, 0.5) is 4.79 Å². The molecule has 0 N–H and O–H groups in total. The van der Waals surface area contributed by atoms with Crippen molar-refractivity contribution in [2.75, 3.05) is 40.3 Å². The summed E-state index contributed by atoms with van der Waals surface area (Å²) in [6.45, 7) is 11.4. The fourth-order valence-corrected chi connectivity index (χ4v) is 4.72. The topological polar surface area (TPSA) is 59.3 Å². The molecule has 1 amide bonds. The van der Waals surface area contributed by atoms with Gasteiger partial charge in [-0.25, -0.2) is 9.78 Å². The minimum atomic E-state index is -0.466. The van der Waals surface area contributed by atoms with Crippen LogP contribution in [-0.2, 0) is 4.74 Å². The summed E-state index contributed by atoms with van der Waals surface area (Å²) in [6, 6.07) is 10.3. The van der Waals surface area contributed by atoms with Crippen LogP contribution in [0.3, 0.4) is 0 Å². The quantitative estimate of drug-likeness (QED) is 0.477. The van der Waals surface area contributed by atoms with Crippen molar-refractivity contribution >= 4 is 11.7 Å².